The molecule has 0 radical (unpaired) electrons. The molecule has 0 aliphatic carbocycles. The quantitative estimate of drug-likeness (QED) is 0.773. The minimum absolute atomic E-state index is 0.674. The number of thiazole rings is 1. The SMILES string of the molecule is c1ccc(-c2nc(CNCc3ccon3)cs2)nc1. The summed E-state index contributed by atoms with van der Waals surface area (Å²) >= 11 is 1.60. The van der Waals surface area contributed by atoms with E-state index < -0.39 is 0 Å². The van der Waals surface area contributed by atoms with Crippen LogP contribution in [0.25, 0.3) is 10.7 Å². The second-order valence-electron chi connectivity index (χ2n) is 3.95. The molecule has 96 valence electrons. The molecular weight excluding hydrogens is 260 g/mol. The van der Waals surface area contributed by atoms with Crippen molar-refractivity contribution >= 4 is 11.3 Å². The van der Waals surface area contributed by atoms with Gasteiger partial charge < -0.3 is 9.84 Å². The van der Waals surface area contributed by atoms with Crippen LogP contribution in [-0.2, 0) is 13.1 Å². The van der Waals surface area contributed by atoms with Gasteiger partial charge in [-0.3, -0.25) is 4.98 Å². The zero-order valence-electron chi connectivity index (χ0n) is 10.1. The van der Waals surface area contributed by atoms with Gasteiger partial charge in [0, 0.05) is 30.7 Å². The molecule has 5 nitrogen and oxygen atoms in total. The Morgan fingerprint density at radius 3 is 2.89 bits per heavy atom. The van der Waals surface area contributed by atoms with Crippen molar-refractivity contribution in [1.29, 1.82) is 0 Å². The van der Waals surface area contributed by atoms with Crippen molar-refractivity contribution in [3.05, 3.63) is 53.5 Å². The summed E-state index contributed by atoms with van der Waals surface area (Å²) in [5, 5.41) is 10.1. The standard InChI is InChI=1S/C13H12N4OS/c1-2-5-15-12(3-1)13-16-11(9-19-13)8-14-7-10-4-6-18-17-10/h1-6,9,14H,7-8H2. The van der Waals surface area contributed by atoms with Crippen LogP contribution >= 0.6 is 11.3 Å². The van der Waals surface area contributed by atoms with E-state index in [0.717, 1.165) is 22.1 Å². The maximum atomic E-state index is 4.77. The van der Waals surface area contributed by atoms with Crippen LogP contribution in [0, 0.1) is 0 Å². The first-order valence-electron chi connectivity index (χ1n) is 5.87. The van der Waals surface area contributed by atoms with Crippen LogP contribution in [0.4, 0.5) is 0 Å². The van der Waals surface area contributed by atoms with Crippen LogP contribution in [0.5, 0.6) is 0 Å². The van der Waals surface area contributed by atoms with Crippen LogP contribution in [0.3, 0.4) is 0 Å². The molecule has 3 heterocycles. The molecular formula is C13H12N4OS. The summed E-state index contributed by atoms with van der Waals surface area (Å²) in [4.78, 5) is 8.84. The highest BCUT2D eigenvalue weighted by atomic mass is 32.1. The fraction of sp³-hybridized carbons (Fsp3) is 0.154. The van der Waals surface area contributed by atoms with Gasteiger partial charge in [0.25, 0.3) is 0 Å². The van der Waals surface area contributed by atoms with E-state index in [0.29, 0.717) is 13.1 Å². The van der Waals surface area contributed by atoms with Crippen LogP contribution in [-0.4, -0.2) is 15.1 Å². The van der Waals surface area contributed by atoms with Gasteiger partial charge in [-0.2, -0.15) is 0 Å². The lowest BCUT2D eigenvalue weighted by Gasteiger charge is -1.98. The second-order valence-corrected chi connectivity index (χ2v) is 4.81. The van der Waals surface area contributed by atoms with Gasteiger partial charge in [0.2, 0.25) is 0 Å². The average Bonchev–Trinajstić information content (AvgIpc) is 3.11. The first-order chi connectivity index (χ1) is 9.42. The van der Waals surface area contributed by atoms with E-state index >= 15 is 0 Å². The van der Waals surface area contributed by atoms with E-state index in [1.54, 1.807) is 23.8 Å². The zero-order chi connectivity index (χ0) is 12.9. The van der Waals surface area contributed by atoms with Crippen LogP contribution in [0.15, 0.2) is 46.6 Å². The summed E-state index contributed by atoms with van der Waals surface area (Å²) in [7, 11) is 0. The van der Waals surface area contributed by atoms with Crippen LogP contribution < -0.4 is 5.32 Å². The number of pyridine rings is 1. The summed E-state index contributed by atoms with van der Waals surface area (Å²) in [5.41, 5.74) is 2.81. The van der Waals surface area contributed by atoms with E-state index in [1.807, 2.05) is 29.6 Å². The molecule has 0 amide bonds. The average molecular weight is 272 g/mol. The third-order valence-corrected chi connectivity index (χ3v) is 3.45. The summed E-state index contributed by atoms with van der Waals surface area (Å²) in [6.07, 6.45) is 3.35. The highest BCUT2D eigenvalue weighted by Gasteiger charge is 2.05. The predicted molar refractivity (Wildman–Crippen MR) is 72.4 cm³/mol. The van der Waals surface area contributed by atoms with Gasteiger partial charge in [0.1, 0.15) is 11.3 Å². The molecule has 0 saturated heterocycles. The van der Waals surface area contributed by atoms with Crippen molar-refractivity contribution in [1.82, 2.24) is 20.4 Å². The molecule has 0 saturated carbocycles. The van der Waals surface area contributed by atoms with Crippen LogP contribution in [0.1, 0.15) is 11.4 Å². The molecule has 0 fully saturated rings. The van der Waals surface area contributed by atoms with Crippen molar-refractivity contribution in [3.63, 3.8) is 0 Å². The summed E-state index contributed by atoms with van der Waals surface area (Å²) in [6.45, 7) is 1.38. The fourth-order valence-electron chi connectivity index (χ4n) is 1.64. The number of nitrogens with one attached hydrogen (secondary N) is 1. The number of hydrogen-bond donors (Lipinski definition) is 1. The van der Waals surface area contributed by atoms with E-state index in [-0.39, 0.29) is 0 Å². The summed E-state index contributed by atoms with van der Waals surface area (Å²) < 4.78 is 4.77. The molecule has 0 aliphatic heterocycles. The molecule has 19 heavy (non-hydrogen) atoms. The normalized spacial score (nSPS) is 10.7. The molecule has 1 N–H and O–H groups in total. The fourth-order valence-corrected chi connectivity index (χ4v) is 2.44. The summed E-state index contributed by atoms with van der Waals surface area (Å²) in [6, 6.07) is 7.67. The Labute approximate surface area is 114 Å². The topological polar surface area (TPSA) is 63.8 Å². The minimum Gasteiger partial charge on any atom is -0.364 e. The van der Waals surface area contributed by atoms with Gasteiger partial charge in [-0.05, 0) is 12.1 Å². The lowest BCUT2D eigenvalue weighted by molar-refractivity contribution is 0.408. The van der Waals surface area contributed by atoms with Crippen molar-refractivity contribution in [2.24, 2.45) is 0 Å². The van der Waals surface area contributed by atoms with Crippen molar-refractivity contribution in [2.45, 2.75) is 13.1 Å². The lowest BCUT2D eigenvalue weighted by Crippen LogP contribution is -2.13. The molecule has 0 aromatic carbocycles. The highest BCUT2D eigenvalue weighted by molar-refractivity contribution is 7.13. The van der Waals surface area contributed by atoms with Gasteiger partial charge in [-0.25, -0.2) is 4.98 Å². The van der Waals surface area contributed by atoms with Gasteiger partial charge in [-0.1, -0.05) is 11.2 Å². The van der Waals surface area contributed by atoms with Crippen molar-refractivity contribution < 1.29 is 4.52 Å². The largest absolute Gasteiger partial charge is 0.364 e. The first-order valence-corrected chi connectivity index (χ1v) is 6.75. The zero-order valence-corrected chi connectivity index (χ0v) is 10.9. The molecule has 0 spiro atoms. The molecule has 3 rings (SSSR count). The van der Waals surface area contributed by atoms with Crippen molar-refractivity contribution in [3.8, 4) is 10.7 Å². The molecule has 0 aliphatic rings. The molecule has 3 aromatic rings. The van der Waals surface area contributed by atoms with Crippen molar-refractivity contribution in [2.75, 3.05) is 0 Å². The molecule has 6 heteroatoms. The van der Waals surface area contributed by atoms with E-state index in [2.05, 4.69) is 20.4 Å². The summed E-state index contributed by atoms with van der Waals surface area (Å²) in [5.74, 6) is 0. The molecule has 0 atom stereocenters. The maximum Gasteiger partial charge on any atom is 0.142 e. The molecule has 3 aromatic heterocycles. The Morgan fingerprint density at radius 1 is 1.16 bits per heavy atom. The van der Waals surface area contributed by atoms with Gasteiger partial charge in [-0.15, -0.1) is 11.3 Å². The van der Waals surface area contributed by atoms with Crippen LogP contribution in [0.2, 0.25) is 0 Å². The van der Waals surface area contributed by atoms with Gasteiger partial charge >= 0.3 is 0 Å². The van der Waals surface area contributed by atoms with Gasteiger partial charge in [0.15, 0.2) is 0 Å². The molecule has 0 bridgehead atoms. The Kier molecular flexibility index (Phi) is 3.62. The monoisotopic (exact) mass is 272 g/mol. The first kappa shape index (κ1) is 12.0. The smallest absolute Gasteiger partial charge is 0.142 e. The Balaban J connectivity index is 1.59. The number of hydrogen-bond acceptors (Lipinski definition) is 6. The Bertz CT molecular complexity index is 621. The molecule has 0 unspecified atom stereocenters. The highest BCUT2D eigenvalue weighted by Crippen LogP contribution is 2.21. The maximum absolute atomic E-state index is 4.77. The second kappa shape index (κ2) is 5.73. The number of rotatable bonds is 5. The number of aromatic nitrogens is 3. The Hall–Kier alpha value is -2.05. The lowest BCUT2D eigenvalue weighted by atomic mass is 10.3. The third kappa shape index (κ3) is 3.04. The third-order valence-electron chi connectivity index (χ3n) is 2.54. The predicted octanol–water partition coefficient (Wildman–Crippen LogP) is 2.48. The minimum atomic E-state index is 0.674. The van der Waals surface area contributed by atoms with E-state index in [9.17, 15) is 0 Å². The van der Waals surface area contributed by atoms with E-state index in [1.165, 1.54) is 0 Å². The van der Waals surface area contributed by atoms with E-state index in [4.69, 9.17) is 4.52 Å². The Morgan fingerprint density at radius 2 is 2.11 bits per heavy atom. The number of nitrogens with zero attached hydrogens (tertiary/aromatic N) is 3. The van der Waals surface area contributed by atoms with Gasteiger partial charge in [0.05, 0.1) is 17.1 Å².